The van der Waals surface area contributed by atoms with Gasteiger partial charge in [-0.15, -0.1) is 0 Å². The number of nitrogens with one attached hydrogen (secondary N) is 1. The number of hydrogen-bond donors (Lipinski definition) is 1. The smallest absolute Gasteiger partial charge is 0.410 e. The van der Waals surface area contributed by atoms with Crippen LogP contribution in [0.15, 0.2) is 36.4 Å². The Morgan fingerprint density at radius 1 is 1.23 bits per heavy atom. The molecule has 1 fully saturated rings. The summed E-state index contributed by atoms with van der Waals surface area (Å²) < 4.78 is 25.4. The lowest BCUT2D eigenvalue weighted by atomic mass is 10.0. The third kappa shape index (κ3) is 5.78. The average Bonchev–Trinajstić information content (AvgIpc) is 2.67. The molecule has 0 radical (unpaired) electrons. The van der Waals surface area contributed by atoms with E-state index >= 15 is 0 Å². The molecule has 1 unspecified atom stereocenters. The predicted molar refractivity (Wildman–Crippen MR) is 116 cm³/mol. The van der Waals surface area contributed by atoms with Crippen molar-refractivity contribution in [3.8, 4) is 5.75 Å². The maximum atomic E-state index is 14.0. The Balaban J connectivity index is 1.79. The number of carbonyl (C=O) groups excluding carboxylic acids is 1. The Hall–Kier alpha value is -2.02. The van der Waals surface area contributed by atoms with Gasteiger partial charge in [-0.3, -0.25) is 4.90 Å². The lowest BCUT2D eigenvalue weighted by Crippen LogP contribution is -2.50. The van der Waals surface area contributed by atoms with Crippen LogP contribution in [0.4, 0.5) is 9.18 Å². The van der Waals surface area contributed by atoms with E-state index < -0.39 is 11.4 Å². The molecule has 162 valence electrons. The molecule has 1 aliphatic heterocycles. The van der Waals surface area contributed by atoms with Crippen LogP contribution in [0.2, 0.25) is 10.0 Å². The lowest BCUT2D eigenvalue weighted by Gasteiger charge is -2.37. The summed E-state index contributed by atoms with van der Waals surface area (Å²) in [5.41, 5.74) is 0.642. The number of amides is 1. The van der Waals surface area contributed by atoms with Crippen LogP contribution in [-0.4, -0.2) is 36.2 Å². The molecule has 8 heteroatoms. The van der Waals surface area contributed by atoms with Crippen molar-refractivity contribution in [1.29, 1.82) is 0 Å². The normalized spacial score (nSPS) is 17.0. The number of hydrogen-bond acceptors (Lipinski definition) is 4. The Morgan fingerprint density at radius 2 is 2.00 bits per heavy atom. The molecule has 0 aliphatic carbocycles. The third-order valence-corrected chi connectivity index (χ3v) is 5.16. The summed E-state index contributed by atoms with van der Waals surface area (Å²) in [5.74, 6) is -0.0272. The van der Waals surface area contributed by atoms with Gasteiger partial charge in [-0.2, -0.15) is 0 Å². The highest BCUT2D eigenvalue weighted by Gasteiger charge is 2.31. The van der Waals surface area contributed by atoms with Crippen LogP contribution < -0.4 is 10.1 Å². The zero-order chi connectivity index (χ0) is 21.9. The van der Waals surface area contributed by atoms with Gasteiger partial charge >= 0.3 is 6.09 Å². The Bertz CT molecular complexity index is 918. The monoisotopic (exact) mass is 454 g/mol. The van der Waals surface area contributed by atoms with E-state index in [1.54, 1.807) is 29.2 Å². The standard InChI is InChI=1S/C22H25Cl2FN2O3/c1-22(2,3)30-21(28)27-9-8-26-12-19(27)14-5-7-17(24)20(10-14)29-13-15-4-6-16(23)11-18(15)25/h4-7,10-11,19,26H,8-9,12-13H2,1-3H3. The fourth-order valence-corrected chi connectivity index (χ4v) is 3.50. The van der Waals surface area contributed by atoms with Gasteiger partial charge in [-0.1, -0.05) is 35.3 Å². The molecule has 1 saturated heterocycles. The van der Waals surface area contributed by atoms with Crippen LogP contribution in [0.1, 0.15) is 37.9 Å². The summed E-state index contributed by atoms with van der Waals surface area (Å²) in [6.07, 6.45) is -0.366. The molecule has 0 bridgehead atoms. The molecule has 0 aromatic heterocycles. The zero-order valence-corrected chi connectivity index (χ0v) is 18.7. The first-order valence-corrected chi connectivity index (χ1v) is 10.5. The molecule has 1 heterocycles. The minimum Gasteiger partial charge on any atom is -0.487 e. The molecular formula is C22H25Cl2FN2O3. The maximum Gasteiger partial charge on any atom is 0.410 e. The second-order valence-electron chi connectivity index (χ2n) is 8.11. The molecule has 2 aromatic rings. The number of halogens is 3. The van der Waals surface area contributed by atoms with E-state index in [9.17, 15) is 9.18 Å². The Morgan fingerprint density at radius 3 is 2.70 bits per heavy atom. The highest BCUT2D eigenvalue weighted by Crippen LogP contribution is 2.32. The van der Waals surface area contributed by atoms with E-state index in [2.05, 4.69) is 5.32 Å². The highest BCUT2D eigenvalue weighted by atomic mass is 35.5. The minimum absolute atomic E-state index is 0.00483. The van der Waals surface area contributed by atoms with Crippen molar-refractivity contribution in [1.82, 2.24) is 10.2 Å². The van der Waals surface area contributed by atoms with Crippen LogP contribution in [0, 0.1) is 5.82 Å². The summed E-state index contributed by atoms with van der Waals surface area (Å²) in [6, 6.07) is 9.54. The Labute approximate surface area is 186 Å². The molecular weight excluding hydrogens is 430 g/mol. The SMILES string of the molecule is CC(C)(C)OC(=O)N1CCNCC1c1ccc(Cl)c(OCc2ccc(Cl)cc2F)c1. The van der Waals surface area contributed by atoms with E-state index in [0.29, 0.717) is 41.0 Å². The van der Waals surface area contributed by atoms with Crippen molar-refractivity contribution in [2.75, 3.05) is 19.6 Å². The number of carbonyl (C=O) groups is 1. The minimum atomic E-state index is -0.580. The van der Waals surface area contributed by atoms with E-state index in [0.717, 1.165) is 5.56 Å². The van der Waals surface area contributed by atoms with Crippen molar-refractivity contribution in [2.24, 2.45) is 0 Å². The summed E-state index contributed by atoms with van der Waals surface area (Å²) in [7, 11) is 0. The first-order chi connectivity index (χ1) is 14.1. The Kier molecular flexibility index (Phi) is 7.11. The van der Waals surface area contributed by atoms with Crippen molar-refractivity contribution >= 4 is 29.3 Å². The van der Waals surface area contributed by atoms with Crippen molar-refractivity contribution in [2.45, 2.75) is 39.0 Å². The molecule has 3 rings (SSSR count). The third-order valence-electron chi connectivity index (χ3n) is 4.61. The van der Waals surface area contributed by atoms with Crippen LogP contribution in [0.25, 0.3) is 0 Å². The number of rotatable bonds is 4. The van der Waals surface area contributed by atoms with E-state index in [1.807, 2.05) is 26.8 Å². The van der Waals surface area contributed by atoms with Crippen LogP contribution in [0.5, 0.6) is 5.75 Å². The maximum absolute atomic E-state index is 14.0. The number of ether oxygens (including phenoxy) is 2. The van der Waals surface area contributed by atoms with Gasteiger partial charge in [-0.25, -0.2) is 9.18 Å². The molecule has 30 heavy (non-hydrogen) atoms. The summed E-state index contributed by atoms with van der Waals surface area (Å²) in [6.45, 7) is 7.30. The summed E-state index contributed by atoms with van der Waals surface area (Å²) in [4.78, 5) is 14.4. The van der Waals surface area contributed by atoms with Crippen LogP contribution in [-0.2, 0) is 11.3 Å². The van der Waals surface area contributed by atoms with Gasteiger partial charge in [0, 0.05) is 30.2 Å². The molecule has 2 aromatic carbocycles. The van der Waals surface area contributed by atoms with Crippen molar-refractivity contribution in [3.05, 3.63) is 63.4 Å². The lowest BCUT2D eigenvalue weighted by molar-refractivity contribution is 0.0117. The molecule has 5 nitrogen and oxygen atoms in total. The van der Waals surface area contributed by atoms with E-state index in [1.165, 1.54) is 6.07 Å². The second-order valence-corrected chi connectivity index (χ2v) is 8.95. The molecule has 1 atom stereocenters. The first-order valence-electron chi connectivity index (χ1n) is 9.70. The van der Waals surface area contributed by atoms with Gasteiger partial charge in [0.1, 0.15) is 23.8 Å². The van der Waals surface area contributed by atoms with E-state index in [-0.39, 0.29) is 18.7 Å². The van der Waals surface area contributed by atoms with Crippen LogP contribution >= 0.6 is 23.2 Å². The van der Waals surface area contributed by atoms with Gasteiger partial charge in [0.15, 0.2) is 0 Å². The van der Waals surface area contributed by atoms with Gasteiger partial charge in [0.05, 0.1) is 11.1 Å². The predicted octanol–water partition coefficient (Wildman–Crippen LogP) is 5.59. The van der Waals surface area contributed by atoms with Gasteiger partial charge in [0.25, 0.3) is 0 Å². The van der Waals surface area contributed by atoms with Gasteiger partial charge in [0.2, 0.25) is 0 Å². The zero-order valence-electron chi connectivity index (χ0n) is 17.2. The van der Waals surface area contributed by atoms with Crippen LogP contribution in [0.3, 0.4) is 0 Å². The first kappa shape index (κ1) is 22.7. The number of piperazine rings is 1. The topological polar surface area (TPSA) is 50.8 Å². The summed E-state index contributed by atoms with van der Waals surface area (Å²) in [5, 5.41) is 4.03. The second kappa shape index (κ2) is 9.41. The quantitative estimate of drug-likeness (QED) is 0.653. The molecule has 1 amide bonds. The van der Waals surface area contributed by atoms with Gasteiger partial charge < -0.3 is 14.8 Å². The summed E-state index contributed by atoms with van der Waals surface area (Å²) >= 11 is 12.1. The van der Waals surface area contributed by atoms with Gasteiger partial charge in [-0.05, 0) is 50.6 Å². The largest absolute Gasteiger partial charge is 0.487 e. The van der Waals surface area contributed by atoms with Crippen molar-refractivity contribution in [3.63, 3.8) is 0 Å². The number of nitrogens with zero attached hydrogens (tertiary/aromatic N) is 1. The average molecular weight is 455 g/mol. The number of benzene rings is 2. The molecule has 0 spiro atoms. The molecule has 1 N–H and O–H groups in total. The van der Waals surface area contributed by atoms with E-state index in [4.69, 9.17) is 32.7 Å². The highest BCUT2D eigenvalue weighted by molar-refractivity contribution is 6.32. The fraction of sp³-hybridized carbons (Fsp3) is 0.409. The molecule has 0 saturated carbocycles. The molecule has 1 aliphatic rings. The fourth-order valence-electron chi connectivity index (χ4n) is 3.17. The van der Waals surface area contributed by atoms with Crippen molar-refractivity contribution < 1.29 is 18.7 Å².